The van der Waals surface area contributed by atoms with Crippen LogP contribution in [0.4, 0.5) is 12.9 Å². The Hall–Kier alpha value is 1.23. The van der Waals surface area contributed by atoms with Gasteiger partial charge in [-0.15, -0.1) is 12.1 Å². The Kier molecular flexibility index (Phi) is 6.15. The summed E-state index contributed by atoms with van der Waals surface area (Å²) in [5.41, 5.74) is -0.694. The van der Waals surface area contributed by atoms with E-state index in [1.54, 1.807) is 0 Å². The van der Waals surface area contributed by atoms with Crippen molar-refractivity contribution < 1.29 is 64.3 Å². The minimum atomic E-state index is -4.75. The molecule has 0 unspecified atom stereocenters. The van der Waals surface area contributed by atoms with E-state index in [0.717, 1.165) is 6.92 Å². The molecule has 42 valence electrons. The van der Waals surface area contributed by atoms with Crippen LogP contribution >= 0.6 is 0 Å². The number of hydrogen-bond donors (Lipinski definition) is 0. The van der Waals surface area contributed by atoms with Crippen LogP contribution in [-0.4, -0.2) is 6.98 Å². The van der Waals surface area contributed by atoms with E-state index in [0.29, 0.717) is 0 Å². The maximum atomic E-state index is 11.1. The summed E-state index contributed by atoms with van der Waals surface area (Å²) < 4.78 is 33.4. The Morgan fingerprint density at radius 1 is 1.38 bits per heavy atom. The minimum absolute atomic E-state index is 0. The van der Waals surface area contributed by atoms with Gasteiger partial charge in [0, 0.05) is 0 Å². The molecule has 0 aliphatic carbocycles. The van der Waals surface area contributed by atoms with Crippen molar-refractivity contribution in [2.24, 2.45) is 0 Å². The normalized spacial score (nSPS) is 10.0. The molecule has 0 rings (SSSR count). The molecule has 0 saturated heterocycles. The van der Waals surface area contributed by atoms with Gasteiger partial charge >= 0.3 is 58.4 Å². The van der Waals surface area contributed by atoms with E-state index in [9.17, 15) is 12.9 Å². The largest absolute Gasteiger partial charge is 1.00 e. The summed E-state index contributed by atoms with van der Waals surface area (Å²) in [6.45, 7) is -1.06. The fraction of sp³-hybridized carbons (Fsp3) is 0.333. The Bertz CT molecular complexity index is 87.0. The molecule has 0 aromatic rings. The first-order valence-corrected chi connectivity index (χ1v) is 1.80. The van der Waals surface area contributed by atoms with E-state index in [1.165, 1.54) is 0 Å². The van der Waals surface area contributed by atoms with Crippen molar-refractivity contribution in [2.45, 2.75) is 6.92 Å². The van der Waals surface area contributed by atoms with E-state index < -0.39 is 12.4 Å². The summed E-state index contributed by atoms with van der Waals surface area (Å²) in [7, 11) is 0. The third-order valence-corrected chi connectivity index (χ3v) is 0.559. The molecule has 0 N–H and O–H groups in total. The van der Waals surface area contributed by atoms with Crippen LogP contribution in [0.1, 0.15) is 6.92 Å². The molecule has 8 heavy (non-hydrogen) atoms. The molecular formula is C3H5BF3K. The first-order chi connectivity index (χ1) is 2.94. The quantitative estimate of drug-likeness (QED) is 0.416. The van der Waals surface area contributed by atoms with E-state index >= 15 is 0 Å². The fourth-order valence-corrected chi connectivity index (χ4v) is 0. The standard InChI is InChI=1S/C3H5BF3.K/c1-3(2)4(5,6)7;/h1H2,2H3;/q-1;+1. The van der Waals surface area contributed by atoms with Gasteiger partial charge < -0.3 is 12.9 Å². The van der Waals surface area contributed by atoms with Crippen molar-refractivity contribution >= 4 is 6.98 Å². The van der Waals surface area contributed by atoms with Gasteiger partial charge in [0.15, 0.2) is 0 Å². The number of hydrogen-bond acceptors (Lipinski definition) is 0. The average Bonchev–Trinajstić information content (AvgIpc) is 1.31. The maximum Gasteiger partial charge on any atom is 1.00 e. The van der Waals surface area contributed by atoms with Gasteiger partial charge in [0.05, 0.1) is 0 Å². The molecule has 5 heteroatoms. The van der Waals surface area contributed by atoms with Gasteiger partial charge in [-0.2, -0.15) is 0 Å². The first-order valence-electron chi connectivity index (χ1n) is 1.80. The monoisotopic (exact) mass is 148 g/mol. The topological polar surface area (TPSA) is 0 Å². The Morgan fingerprint density at radius 3 is 1.50 bits per heavy atom. The van der Waals surface area contributed by atoms with Crippen molar-refractivity contribution in [3.63, 3.8) is 0 Å². The van der Waals surface area contributed by atoms with Gasteiger partial charge in [0.25, 0.3) is 0 Å². The van der Waals surface area contributed by atoms with Gasteiger partial charge in [-0.25, -0.2) is 0 Å². The van der Waals surface area contributed by atoms with Crippen LogP contribution in [0.15, 0.2) is 12.1 Å². The smallest absolute Gasteiger partial charge is 0.445 e. The molecule has 0 atom stereocenters. The van der Waals surface area contributed by atoms with E-state index in [2.05, 4.69) is 6.58 Å². The van der Waals surface area contributed by atoms with Crippen molar-refractivity contribution in [2.75, 3.05) is 0 Å². The summed E-state index contributed by atoms with van der Waals surface area (Å²) >= 11 is 0. The zero-order valence-electron chi connectivity index (χ0n) is 4.92. The zero-order valence-corrected chi connectivity index (χ0v) is 8.04. The Balaban J connectivity index is 0. The number of halogens is 3. The van der Waals surface area contributed by atoms with Gasteiger partial charge in [-0.1, -0.05) is 6.92 Å². The van der Waals surface area contributed by atoms with Crippen LogP contribution in [0.3, 0.4) is 0 Å². The second-order valence-electron chi connectivity index (χ2n) is 1.42. The van der Waals surface area contributed by atoms with Crippen LogP contribution in [0.2, 0.25) is 0 Å². The molecule has 0 nitrogen and oxygen atoms in total. The first kappa shape index (κ1) is 12.0. The zero-order chi connectivity index (χ0) is 6.08. The second kappa shape index (κ2) is 4.11. The molecule has 0 aliphatic heterocycles. The Labute approximate surface area is 89.0 Å². The van der Waals surface area contributed by atoms with E-state index in [4.69, 9.17) is 0 Å². The maximum absolute atomic E-state index is 11.1. The molecule has 0 saturated carbocycles. The van der Waals surface area contributed by atoms with Gasteiger partial charge in [0.1, 0.15) is 0 Å². The number of rotatable bonds is 1. The number of allylic oxidation sites excluding steroid dienone is 1. The predicted octanol–water partition coefficient (Wildman–Crippen LogP) is -1.05. The summed E-state index contributed by atoms with van der Waals surface area (Å²) in [5.74, 6) is 0. The van der Waals surface area contributed by atoms with Crippen LogP contribution < -0.4 is 51.4 Å². The van der Waals surface area contributed by atoms with Crippen molar-refractivity contribution in [3.05, 3.63) is 12.1 Å². The third-order valence-electron chi connectivity index (χ3n) is 0.559. The van der Waals surface area contributed by atoms with E-state index in [-0.39, 0.29) is 51.4 Å². The molecule has 0 radical (unpaired) electrons. The molecule has 0 fully saturated rings. The molecule has 0 aromatic carbocycles. The van der Waals surface area contributed by atoms with Crippen molar-refractivity contribution in [1.29, 1.82) is 0 Å². The molecule has 0 aliphatic rings. The van der Waals surface area contributed by atoms with Crippen molar-refractivity contribution in [1.82, 2.24) is 0 Å². The molecule has 0 heterocycles. The molecular weight excluding hydrogens is 143 g/mol. The predicted molar refractivity (Wildman–Crippen MR) is 23.9 cm³/mol. The van der Waals surface area contributed by atoms with Crippen LogP contribution in [-0.2, 0) is 0 Å². The van der Waals surface area contributed by atoms with E-state index in [1.807, 2.05) is 0 Å². The minimum Gasteiger partial charge on any atom is -0.445 e. The Morgan fingerprint density at radius 2 is 1.50 bits per heavy atom. The third kappa shape index (κ3) is 5.37. The molecule has 0 bridgehead atoms. The average molecular weight is 148 g/mol. The van der Waals surface area contributed by atoms with Crippen LogP contribution in [0.5, 0.6) is 0 Å². The molecule has 0 aromatic heterocycles. The van der Waals surface area contributed by atoms with Gasteiger partial charge in [-0.05, 0) is 0 Å². The van der Waals surface area contributed by atoms with Crippen molar-refractivity contribution in [3.8, 4) is 0 Å². The summed E-state index contributed by atoms with van der Waals surface area (Å²) in [5, 5.41) is 0. The summed E-state index contributed by atoms with van der Waals surface area (Å²) in [4.78, 5) is 0. The second-order valence-corrected chi connectivity index (χ2v) is 1.42. The SMILES string of the molecule is C=C(C)[B-](F)(F)F.[K+]. The fourth-order valence-electron chi connectivity index (χ4n) is 0. The van der Waals surface area contributed by atoms with Crippen LogP contribution in [0.25, 0.3) is 0 Å². The summed E-state index contributed by atoms with van der Waals surface area (Å²) in [6, 6.07) is 0. The molecule has 0 spiro atoms. The molecule has 0 amide bonds. The van der Waals surface area contributed by atoms with Gasteiger partial charge in [-0.3, -0.25) is 0 Å². The van der Waals surface area contributed by atoms with Crippen LogP contribution in [0, 0.1) is 0 Å². The summed E-state index contributed by atoms with van der Waals surface area (Å²) in [6.07, 6.45) is 0. The van der Waals surface area contributed by atoms with Gasteiger partial charge in [0.2, 0.25) is 0 Å².